The molecule has 2 aromatic carbocycles. The molecule has 0 amide bonds. The Bertz CT molecular complexity index is 934. The lowest BCUT2D eigenvalue weighted by Crippen LogP contribution is -2.05. The Morgan fingerprint density at radius 2 is 1.56 bits per heavy atom. The van der Waals surface area contributed by atoms with E-state index < -0.39 is 0 Å². The van der Waals surface area contributed by atoms with Gasteiger partial charge in [-0.25, -0.2) is 0 Å². The maximum Gasteiger partial charge on any atom is 0.195 e. The minimum absolute atomic E-state index is 0.196. The molecule has 1 nitrogen and oxygen atoms in total. The summed E-state index contributed by atoms with van der Waals surface area (Å²) < 4.78 is 2.29. The Hall–Kier alpha value is -1.67. The van der Waals surface area contributed by atoms with Gasteiger partial charge in [-0.15, -0.1) is 11.3 Å². The van der Waals surface area contributed by atoms with Crippen molar-refractivity contribution in [2.45, 2.75) is 53.4 Å². The zero-order valence-corrected chi connectivity index (χ0v) is 16.6. The SMILES string of the molecule is CC(C)CCc1cc(CCC(C)C)c2sc3ccccc3c(=O)c2c1. The van der Waals surface area contributed by atoms with Gasteiger partial charge in [0.15, 0.2) is 5.43 Å². The number of hydrogen-bond donors (Lipinski definition) is 0. The fraction of sp³-hybridized carbons (Fsp3) is 0.435. The number of hydrogen-bond acceptors (Lipinski definition) is 2. The van der Waals surface area contributed by atoms with Crippen LogP contribution < -0.4 is 5.43 Å². The Kier molecular flexibility index (Phi) is 5.58. The first-order valence-electron chi connectivity index (χ1n) is 9.43. The van der Waals surface area contributed by atoms with Gasteiger partial charge in [0.05, 0.1) is 0 Å². The van der Waals surface area contributed by atoms with Crippen LogP contribution in [-0.2, 0) is 12.8 Å². The summed E-state index contributed by atoms with van der Waals surface area (Å²) in [6, 6.07) is 12.5. The minimum atomic E-state index is 0.196. The molecule has 3 rings (SSSR count). The molecule has 1 aromatic heterocycles. The molecule has 0 spiro atoms. The van der Waals surface area contributed by atoms with Crippen LogP contribution in [-0.4, -0.2) is 0 Å². The minimum Gasteiger partial charge on any atom is -0.289 e. The highest BCUT2D eigenvalue weighted by atomic mass is 32.1. The van der Waals surface area contributed by atoms with Crippen LogP contribution in [0.4, 0.5) is 0 Å². The van der Waals surface area contributed by atoms with E-state index in [2.05, 4.69) is 45.9 Å². The normalized spacial score (nSPS) is 11.9. The largest absolute Gasteiger partial charge is 0.289 e. The van der Waals surface area contributed by atoms with Crippen molar-refractivity contribution < 1.29 is 0 Å². The van der Waals surface area contributed by atoms with Gasteiger partial charge >= 0.3 is 0 Å². The van der Waals surface area contributed by atoms with E-state index in [0.29, 0.717) is 11.8 Å². The van der Waals surface area contributed by atoms with Crippen LogP contribution in [0.3, 0.4) is 0 Å². The summed E-state index contributed by atoms with van der Waals surface area (Å²) in [6.45, 7) is 9.05. The van der Waals surface area contributed by atoms with E-state index in [0.717, 1.165) is 34.7 Å². The third kappa shape index (κ3) is 4.12. The first kappa shape index (κ1) is 18.1. The standard InChI is InChI=1S/C23H28OS/c1-15(2)9-11-17-13-18(12-10-16(3)4)23-20(14-17)22(24)19-7-5-6-8-21(19)25-23/h5-8,13-16H,9-12H2,1-4H3. The molecule has 2 heteroatoms. The molecule has 0 N–H and O–H groups in total. The molecular weight excluding hydrogens is 324 g/mol. The molecule has 25 heavy (non-hydrogen) atoms. The third-order valence-corrected chi connectivity index (χ3v) is 6.08. The first-order valence-corrected chi connectivity index (χ1v) is 10.2. The van der Waals surface area contributed by atoms with Gasteiger partial charge in [0.1, 0.15) is 0 Å². The molecule has 1 heterocycles. The topological polar surface area (TPSA) is 17.1 Å². The quantitative estimate of drug-likeness (QED) is 0.457. The fourth-order valence-electron chi connectivity index (χ4n) is 3.27. The Morgan fingerprint density at radius 1 is 0.880 bits per heavy atom. The van der Waals surface area contributed by atoms with Crippen LogP contribution in [0, 0.1) is 11.8 Å². The molecule has 0 radical (unpaired) electrons. The van der Waals surface area contributed by atoms with Crippen LogP contribution in [0.2, 0.25) is 0 Å². The predicted molar refractivity (Wildman–Crippen MR) is 112 cm³/mol. The molecule has 0 atom stereocenters. The molecule has 0 aliphatic heterocycles. The lowest BCUT2D eigenvalue weighted by atomic mass is 9.96. The summed E-state index contributed by atoms with van der Waals surface area (Å²) in [5.74, 6) is 1.35. The summed E-state index contributed by atoms with van der Waals surface area (Å²) in [4.78, 5) is 13.1. The summed E-state index contributed by atoms with van der Waals surface area (Å²) in [7, 11) is 0. The van der Waals surface area contributed by atoms with Gasteiger partial charge in [-0.05, 0) is 66.8 Å². The molecule has 0 bridgehead atoms. The summed E-state index contributed by atoms with van der Waals surface area (Å²) in [5.41, 5.74) is 2.87. The zero-order valence-electron chi connectivity index (χ0n) is 15.8. The highest BCUT2D eigenvalue weighted by Gasteiger charge is 2.12. The molecule has 0 fully saturated rings. The maximum absolute atomic E-state index is 13.1. The van der Waals surface area contributed by atoms with Crippen LogP contribution >= 0.6 is 11.3 Å². The van der Waals surface area contributed by atoms with E-state index in [9.17, 15) is 4.79 Å². The maximum atomic E-state index is 13.1. The van der Waals surface area contributed by atoms with Crippen molar-refractivity contribution in [2.75, 3.05) is 0 Å². The molecule has 132 valence electrons. The highest BCUT2D eigenvalue weighted by molar-refractivity contribution is 7.24. The second-order valence-electron chi connectivity index (χ2n) is 7.92. The zero-order chi connectivity index (χ0) is 18.0. The Labute approximate surface area is 154 Å². The van der Waals surface area contributed by atoms with Gasteiger partial charge < -0.3 is 0 Å². The van der Waals surface area contributed by atoms with Crippen molar-refractivity contribution >= 4 is 31.5 Å². The van der Waals surface area contributed by atoms with Crippen LogP contribution in [0.25, 0.3) is 20.2 Å². The lowest BCUT2D eigenvalue weighted by Gasteiger charge is -2.13. The number of fused-ring (bicyclic) bond motifs is 2. The van der Waals surface area contributed by atoms with Crippen LogP contribution in [0.1, 0.15) is 51.7 Å². The van der Waals surface area contributed by atoms with E-state index in [1.54, 1.807) is 11.3 Å². The predicted octanol–water partition coefficient (Wildman–Crippen LogP) is 6.59. The smallest absolute Gasteiger partial charge is 0.195 e. The third-order valence-electron chi connectivity index (χ3n) is 4.82. The molecule has 0 saturated carbocycles. The van der Waals surface area contributed by atoms with Gasteiger partial charge in [-0.2, -0.15) is 0 Å². The van der Waals surface area contributed by atoms with Gasteiger partial charge in [0, 0.05) is 20.2 Å². The second-order valence-corrected chi connectivity index (χ2v) is 8.98. The lowest BCUT2D eigenvalue weighted by molar-refractivity contribution is 0.582. The fourth-order valence-corrected chi connectivity index (χ4v) is 4.46. The summed E-state index contributed by atoms with van der Waals surface area (Å²) in [5, 5.41) is 1.78. The molecular formula is C23H28OS. The van der Waals surface area contributed by atoms with Crippen molar-refractivity contribution in [1.29, 1.82) is 0 Å². The van der Waals surface area contributed by atoms with Crippen molar-refractivity contribution in [3.05, 3.63) is 57.7 Å². The molecule has 0 aliphatic carbocycles. The van der Waals surface area contributed by atoms with Crippen molar-refractivity contribution in [2.24, 2.45) is 11.8 Å². The number of benzene rings is 2. The van der Waals surface area contributed by atoms with Crippen molar-refractivity contribution in [1.82, 2.24) is 0 Å². The van der Waals surface area contributed by atoms with Gasteiger partial charge in [0.2, 0.25) is 0 Å². The average molecular weight is 353 g/mol. The summed E-state index contributed by atoms with van der Waals surface area (Å²) >= 11 is 1.78. The van der Waals surface area contributed by atoms with Crippen molar-refractivity contribution in [3.8, 4) is 0 Å². The van der Waals surface area contributed by atoms with E-state index in [-0.39, 0.29) is 5.43 Å². The average Bonchev–Trinajstić information content (AvgIpc) is 2.58. The second kappa shape index (κ2) is 7.70. The van der Waals surface area contributed by atoms with Crippen LogP contribution in [0.5, 0.6) is 0 Å². The van der Waals surface area contributed by atoms with Crippen LogP contribution in [0.15, 0.2) is 41.2 Å². The Balaban J connectivity index is 2.19. The Morgan fingerprint density at radius 3 is 2.28 bits per heavy atom. The molecule has 0 unspecified atom stereocenters. The first-order chi connectivity index (χ1) is 12.0. The summed E-state index contributed by atoms with van der Waals surface area (Å²) in [6.07, 6.45) is 4.44. The highest BCUT2D eigenvalue weighted by Crippen LogP contribution is 2.30. The molecule has 0 saturated heterocycles. The van der Waals surface area contributed by atoms with Gasteiger partial charge in [-0.3, -0.25) is 4.79 Å². The monoisotopic (exact) mass is 352 g/mol. The van der Waals surface area contributed by atoms with Gasteiger partial charge in [-0.1, -0.05) is 45.9 Å². The molecule has 3 aromatic rings. The van der Waals surface area contributed by atoms with E-state index in [1.807, 2.05) is 18.2 Å². The number of rotatable bonds is 6. The van der Waals surface area contributed by atoms with Gasteiger partial charge in [0.25, 0.3) is 0 Å². The van der Waals surface area contributed by atoms with E-state index >= 15 is 0 Å². The number of aryl methyl sites for hydroxylation is 2. The molecule has 0 aliphatic rings. The van der Waals surface area contributed by atoms with Crippen molar-refractivity contribution in [3.63, 3.8) is 0 Å². The van der Waals surface area contributed by atoms with E-state index in [4.69, 9.17) is 0 Å². The van der Waals surface area contributed by atoms with E-state index in [1.165, 1.54) is 22.2 Å².